The molecule has 39 heavy (non-hydrogen) atoms. The second-order valence-corrected chi connectivity index (χ2v) is 10.5. The first-order chi connectivity index (χ1) is 18.8. The average Bonchev–Trinajstić information content (AvgIpc) is 3.21. The van der Waals surface area contributed by atoms with Gasteiger partial charge in [-0.3, -0.25) is 9.69 Å². The summed E-state index contributed by atoms with van der Waals surface area (Å²) in [6, 6.07) is 16.5. The Kier molecular flexibility index (Phi) is 7.57. The Labute approximate surface area is 229 Å². The predicted molar refractivity (Wildman–Crippen MR) is 150 cm³/mol. The molecule has 8 nitrogen and oxygen atoms in total. The smallest absolute Gasteiger partial charge is 0.304 e. The van der Waals surface area contributed by atoms with Gasteiger partial charge in [0.25, 0.3) is 0 Å². The number of aryl methyl sites for hydroxylation is 3. The van der Waals surface area contributed by atoms with Crippen molar-refractivity contribution < 1.29 is 19.4 Å². The number of aromatic nitrogens is 3. The maximum Gasteiger partial charge on any atom is 0.304 e. The molecular weight excluding hydrogens is 492 g/mol. The highest BCUT2D eigenvalue weighted by atomic mass is 16.5. The summed E-state index contributed by atoms with van der Waals surface area (Å²) < 4.78 is 13.7. The van der Waals surface area contributed by atoms with Crippen molar-refractivity contribution in [1.82, 2.24) is 19.9 Å². The van der Waals surface area contributed by atoms with Crippen LogP contribution in [0.4, 0.5) is 0 Å². The molecule has 2 unspecified atom stereocenters. The molecule has 1 N–H and O–H groups in total. The van der Waals surface area contributed by atoms with Gasteiger partial charge < -0.3 is 14.6 Å². The van der Waals surface area contributed by atoms with E-state index in [4.69, 9.17) is 9.47 Å². The Morgan fingerprint density at radius 1 is 1.21 bits per heavy atom. The third-order valence-corrected chi connectivity index (χ3v) is 7.86. The largest absolute Gasteiger partial charge is 0.494 e. The molecule has 0 bridgehead atoms. The van der Waals surface area contributed by atoms with E-state index in [1.165, 1.54) is 16.7 Å². The van der Waals surface area contributed by atoms with Gasteiger partial charge in [-0.2, -0.15) is 0 Å². The summed E-state index contributed by atoms with van der Waals surface area (Å²) in [7, 11) is 3.44. The lowest BCUT2D eigenvalue weighted by molar-refractivity contribution is -0.137. The van der Waals surface area contributed by atoms with Crippen LogP contribution in [0.25, 0.3) is 11.0 Å². The maximum atomic E-state index is 12.1. The summed E-state index contributed by atoms with van der Waals surface area (Å²) in [5, 5.41) is 18.5. The van der Waals surface area contributed by atoms with Crippen LogP contribution in [0.5, 0.6) is 11.5 Å². The number of aliphatic carboxylic acids is 1. The molecular formula is C31H36N4O4. The Morgan fingerprint density at radius 2 is 2.00 bits per heavy atom. The molecule has 1 aliphatic heterocycles. The molecule has 8 heteroatoms. The zero-order valence-electron chi connectivity index (χ0n) is 23.3. The van der Waals surface area contributed by atoms with Crippen LogP contribution in [0.3, 0.4) is 0 Å². The normalized spacial score (nSPS) is 16.4. The number of fused-ring (bicyclic) bond motifs is 2. The number of benzene rings is 3. The first kappa shape index (κ1) is 26.7. The molecule has 204 valence electrons. The van der Waals surface area contributed by atoms with Crippen molar-refractivity contribution in [2.75, 3.05) is 13.7 Å². The topological polar surface area (TPSA) is 89.7 Å². The number of carboxylic acids is 1. The summed E-state index contributed by atoms with van der Waals surface area (Å²) in [5.41, 5.74) is 7.84. The van der Waals surface area contributed by atoms with E-state index in [1.54, 1.807) is 11.8 Å². The van der Waals surface area contributed by atoms with Crippen LogP contribution in [-0.2, 0) is 24.9 Å². The fraction of sp³-hybridized carbons (Fsp3) is 0.387. The predicted octanol–water partition coefficient (Wildman–Crippen LogP) is 5.37. The molecule has 2 heterocycles. The number of para-hydroxylation sites is 1. The summed E-state index contributed by atoms with van der Waals surface area (Å²) in [4.78, 5) is 14.5. The highest BCUT2D eigenvalue weighted by molar-refractivity contribution is 5.86. The number of carbonyl (C=O) groups is 1. The van der Waals surface area contributed by atoms with Gasteiger partial charge in [-0.15, -0.1) is 5.10 Å². The number of rotatable bonds is 8. The molecule has 5 rings (SSSR count). The van der Waals surface area contributed by atoms with Gasteiger partial charge in [0.15, 0.2) is 0 Å². The average molecular weight is 529 g/mol. The fourth-order valence-corrected chi connectivity index (χ4v) is 5.65. The molecule has 0 saturated heterocycles. The minimum atomic E-state index is -0.855. The maximum absolute atomic E-state index is 12.1. The van der Waals surface area contributed by atoms with Gasteiger partial charge in [0.05, 0.1) is 13.5 Å². The molecule has 1 aromatic heterocycles. The van der Waals surface area contributed by atoms with Crippen LogP contribution in [-0.4, -0.2) is 50.7 Å². The zero-order valence-corrected chi connectivity index (χ0v) is 23.3. The number of carboxylic acid groups (broad SMARTS) is 1. The second kappa shape index (κ2) is 11.1. The van der Waals surface area contributed by atoms with E-state index in [0.29, 0.717) is 5.75 Å². The number of methoxy groups -OCH3 is 1. The van der Waals surface area contributed by atoms with Crippen molar-refractivity contribution in [2.24, 2.45) is 7.05 Å². The molecule has 0 saturated carbocycles. The van der Waals surface area contributed by atoms with E-state index in [0.717, 1.165) is 59.5 Å². The molecule has 0 radical (unpaired) electrons. The third kappa shape index (κ3) is 5.34. The molecule has 0 amide bonds. The lowest BCUT2D eigenvalue weighted by Crippen LogP contribution is -2.32. The van der Waals surface area contributed by atoms with Crippen molar-refractivity contribution in [3.05, 3.63) is 81.9 Å². The fourth-order valence-electron chi connectivity index (χ4n) is 5.65. The standard InChI is InChI=1S/C31H36N4O4/c1-6-24-18-35(16-22-9-7-8-10-27(22)39-24)17-23-13-21(12-11-19(23)2)26(15-29(36)37)25-14-28(38-5)31-30(20(25)3)32-33-34(31)4/h7-14,24,26H,6,15-18H2,1-5H3,(H,36,37). The third-order valence-electron chi connectivity index (χ3n) is 7.86. The monoisotopic (exact) mass is 528 g/mol. The first-order valence-corrected chi connectivity index (χ1v) is 13.4. The Morgan fingerprint density at radius 3 is 2.74 bits per heavy atom. The van der Waals surface area contributed by atoms with E-state index in [2.05, 4.69) is 65.5 Å². The molecule has 0 fully saturated rings. The second-order valence-electron chi connectivity index (χ2n) is 10.5. The Bertz CT molecular complexity index is 1510. The zero-order chi connectivity index (χ0) is 27.7. The SMILES string of the molecule is CCC1CN(Cc2cc(C(CC(=O)O)c3cc(OC)c4c(nnn4C)c3C)ccc2C)Cc2ccccc2O1. The van der Waals surface area contributed by atoms with Crippen molar-refractivity contribution >= 4 is 17.0 Å². The van der Waals surface area contributed by atoms with Crippen LogP contribution < -0.4 is 9.47 Å². The van der Waals surface area contributed by atoms with E-state index < -0.39 is 5.97 Å². The number of hydrogen-bond acceptors (Lipinski definition) is 6. The summed E-state index contributed by atoms with van der Waals surface area (Å²) >= 11 is 0. The van der Waals surface area contributed by atoms with Crippen molar-refractivity contribution in [3.63, 3.8) is 0 Å². The Balaban J connectivity index is 1.53. The van der Waals surface area contributed by atoms with E-state index in [1.807, 2.05) is 26.1 Å². The van der Waals surface area contributed by atoms with Crippen LogP contribution in [0.2, 0.25) is 0 Å². The van der Waals surface area contributed by atoms with Gasteiger partial charge in [-0.05, 0) is 60.2 Å². The van der Waals surface area contributed by atoms with Crippen LogP contribution in [0.15, 0.2) is 48.5 Å². The van der Waals surface area contributed by atoms with Crippen LogP contribution in [0, 0.1) is 13.8 Å². The minimum absolute atomic E-state index is 0.0406. The summed E-state index contributed by atoms with van der Waals surface area (Å²) in [6.07, 6.45) is 1.00. The quantitative estimate of drug-likeness (QED) is 0.329. The van der Waals surface area contributed by atoms with Crippen LogP contribution in [0.1, 0.15) is 59.1 Å². The van der Waals surface area contributed by atoms with Crippen molar-refractivity contribution in [3.8, 4) is 11.5 Å². The highest BCUT2D eigenvalue weighted by Gasteiger charge is 2.26. The molecule has 0 aliphatic carbocycles. The lowest BCUT2D eigenvalue weighted by Gasteiger charge is -2.25. The van der Waals surface area contributed by atoms with E-state index in [-0.39, 0.29) is 18.4 Å². The Hall–Kier alpha value is -3.91. The van der Waals surface area contributed by atoms with Crippen molar-refractivity contribution in [1.29, 1.82) is 0 Å². The van der Waals surface area contributed by atoms with Gasteiger partial charge in [0.2, 0.25) is 0 Å². The number of nitrogens with zero attached hydrogens (tertiary/aromatic N) is 4. The van der Waals surface area contributed by atoms with E-state index >= 15 is 0 Å². The highest BCUT2D eigenvalue weighted by Crippen LogP contribution is 2.38. The minimum Gasteiger partial charge on any atom is -0.494 e. The number of ether oxygens (including phenoxy) is 2. The molecule has 0 spiro atoms. The van der Waals surface area contributed by atoms with Crippen molar-refractivity contribution in [2.45, 2.75) is 58.7 Å². The summed E-state index contributed by atoms with van der Waals surface area (Å²) in [5.74, 6) is 0.378. The number of hydrogen-bond donors (Lipinski definition) is 1. The van der Waals surface area contributed by atoms with Crippen LogP contribution >= 0.6 is 0 Å². The van der Waals surface area contributed by atoms with E-state index in [9.17, 15) is 9.90 Å². The van der Waals surface area contributed by atoms with Gasteiger partial charge in [0, 0.05) is 38.2 Å². The van der Waals surface area contributed by atoms with Gasteiger partial charge in [0.1, 0.15) is 28.6 Å². The summed E-state index contributed by atoms with van der Waals surface area (Å²) in [6.45, 7) is 8.63. The van der Waals surface area contributed by atoms with Gasteiger partial charge in [-0.1, -0.05) is 48.5 Å². The lowest BCUT2D eigenvalue weighted by atomic mass is 9.84. The first-order valence-electron chi connectivity index (χ1n) is 13.4. The van der Waals surface area contributed by atoms with Gasteiger partial charge >= 0.3 is 5.97 Å². The molecule has 2 atom stereocenters. The van der Waals surface area contributed by atoms with Gasteiger partial charge in [-0.25, -0.2) is 4.68 Å². The molecule has 4 aromatic rings. The molecule has 1 aliphatic rings. The molecule has 3 aromatic carbocycles.